The molecule has 1 saturated carbocycles. The zero-order valence-electron chi connectivity index (χ0n) is 24.0. The Kier molecular flexibility index (Phi) is 7.71. The molecule has 11 atom stereocenters. The number of nitrogen functional groups attached to an aromatic ring is 2. The van der Waals surface area contributed by atoms with Gasteiger partial charge in [0.05, 0.1) is 37.7 Å². The molecule has 7 rings (SSSR count). The van der Waals surface area contributed by atoms with Crippen LogP contribution in [0.1, 0.15) is 31.2 Å². The van der Waals surface area contributed by atoms with E-state index in [4.69, 9.17) is 46.1 Å². The van der Waals surface area contributed by atoms with Crippen molar-refractivity contribution in [2.24, 2.45) is 17.8 Å². The summed E-state index contributed by atoms with van der Waals surface area (Å²) in [6.07, 6.45) is 0.0915. The van der Waals surface area contributed by atoms with Gasteiger partial charge in [-0.25, -0.2) is 24.9 Å². The fourth-order valence-electron chi connectivity index (χ4n) is 6.66. The average Bonchev–Trinajstić information content (AvgIpc) is 3.72. The van der Waals surface area contributed by atoms with Crippen molar-refractivity contribution in [3.8, 4) is 0 Å². The molecule has 3 aromatic heterocycles. The maximum absolute atomic E-state index is 13.8. The van der Waals surface area contributed by atoms with E-state index < -0.39 is 74.2 Å². The van der Waals surface area contributed by atoms with Gasteiger partial charge in [0.1, 0.15) is 36.0 Å². The fraction of sp³-hybridized carbons (Fsp3) is 0.583. The first-order valence-electron chi connectivity index (χ1n) is 14.1. The number of nitrogens with one attached hydrogen (secondary N) is 2. The van der Waals surface area contributed by atoms with Gasteiger partial charge in [-0.3, -0.25) is 18.9 Å². The number of hydrogen-bond acceptors (Lipinski definition) is 15. The van der Waals surface area contributed by atoms with Gasteiger partial charge in [0.15, 0.2) is 17.7 Å². The molecular formula is C24H32N9O9P2S+. The number of nitrogens with zero attached hydrogens (tertiary/aromatic N) is 5. The number of aliphatic hydroxyl groups excluding tert-OH is 1. The molecule has 45 heavy (non-hydrogen) atoms. The topological polar surface area (TPSA) is 259 Å². The Labute approximate surface area is 260 Å². The van der Waals surface area contributed by atoms with Crippen molar-refractivity contribution in [1.82, 2.24) is 29.5 Å². The van der Waals surface area contributed by atoms with E-state index in [-0.39, 0.29) is 37.1 Å². The second kappa shape index (κ2) is 11.2. The number of nitrogens with two attached hydrogens (primary N) is 2. The summed E-state index contributed by atoms with van der Waals surface area (Å²) in [5.41, 5.74) is 12.7. The minimum atomic E-state index is -3.91. The number of hydrogen-bond donors (Lipinski definition) is 6. The Morgan fingerprint density at radius 1 is 1.18 bits per heavy atom. The molecule has 0 radical (unpaired) electrons. The van der Waals surface area contributed by atoms with Crippen LogP contribution in [0.2, 0.25) is 0 Å². The van der Waals surface area contributed by atoms with E-state index >= 15 is 0 Å². The van der Waals surface area contributed by atoms with Gasteiger partial charge in [-0.1, -0.05) is 6.92 Å². The molecule has 0 amide bonds. The number of aromatic amines is 1. The van der Waals surface area contributed by atoms with E-state index in [1.54, 1.807) is 10.8 Å². The van der Waals surface area contributed by atoms with Crippen molar-refractivity contribution >= 4 is 61.0 Å². The quantitative estimate of drug-likeness (QED) is 0.178. The van der Waals surface area contributed by atoms with Gasteiger partial charge >= 0.3 is 19.9 Å². The highest BCUT2D eigenvalue weighted by atomic mass is 32.5. The molecule has 3 fully saturated rings. The average molecular weight is 685 g/mol. The number of ether oxygens (including phenoxy) is 1. The Balaban J connectivity index is 1.19. The van der Waals surface area contributed by atoms with Crippen LogP contribution in [-0.4, -0.2) is 90.0 Å². The first-order chi connectivity index (χ1) is 21.3. The molecular weight excluding hydrogens is 652 g/mol. The predicted molar refractivity (Wildman–Crippen MR) is 161 cm³/mol. The highest BCUT2D eigenvalue weighted by Crippen LogP contribution is 2.56. The lowest BCUT2D eigenvalue weighted by Gasteiger charge is -2.28. The number of anilines is 2. The lowest BCUT2D eigenvalue weighted by atomic mass is 9.87. The third-order valence-corrected chi connectivity index (χ3v) is 11.6. The van der Waals surface area contributed by atoms with Gasteiger partial charge in [0, 0.05) is 24.4 Å². The number of aliphatic hydroxyl groups is 1. The summed E-state index contributed by atoms with van der Waals surface area (Å²) in [4.78, 5) is 45.9. The van der Waals surface area contributed by atoms with E-state index in [0.717, 1.165) is 0 Å². The summed E-state index contributed by atoms with van der Waals surface area (Å²) in [5.74, 6) is -2.00. The van der Waals surface area contributed by atoms with E-state index in [2.05, 4.69) is 29.9 Å². The predicted octanol–water partition coefficient (Wildman–Crippen LogP) is -0.958. The third kappa shape index (κ3) is 5.54. The molecule has 1 aliphatic carbocycles. The van der Waals surface area contributed by atoms with Crippen LogP contribution >= 0.6 is 14.3 Å². The van der Waals surface area contributed by atoms with Crippen LogP contribution in [0.3, 0.4) is 0 Å². The Morgan fingerprint density at radius 2 is 1.98 bits per heavy atom. The van der Waals surface area contributed by atoms with Crippen LogP contribution in [0.5, 0.6) is 0 Å². The van der Waals surface area contributed by atoms with Crippen molar-refractivity contribution in [3.05, 3.63) is 28.7 Å². The summed E-state index contributed by atoms with van der Waals surface area (Å²) in [6.45, 7) is -1.24. The summed E-state index contributed by atoms with van der Waals surface area (Å²) in [7, 11) is -3.86. The van der Waals surface area contributed by atoms with Crippen molar-refractivity contribution < 1.29 is 42.4 Å². The molecule has 2 bridgehead atoms. The zero-order valence-corrected chi connectivity index (χ0v) is 26.6. The molecule has 8 N–H and O–H groups in total. The maximum atomic E-state index is 13.8. The minimum absolute atomic E-state index is 0.0697. The second-order valence-corrected chi connectivity index (χ2v) is 16.5. The molecule has 0 aromatic carbocycles. The lowest BCUT2D eigenvalue weighted by Crippen LogP contribution is -2.62. The molecule has 3 aliphatic heterocycles. The van der Waals surface area contributed by atoms with Gasteiger partial charge in [-0.15, -0.1) is 0 Å². The number of aromatic nitrogens is 6. The van der Waals surface area contributed by atoms with E-state index in [1.165, 1.54) is 19.3 Å². The normalized spacial score (nSPS) is 40.0. The molecule has 4 aliphatic rings. The van der Waals surface area contributed by atoms with Crippen LogP contribution < -0.4 is 22.0 Å². The van der Waals surface area contributed by atoms with Crippen LogP contribution in [0.4, 0.5) is 17.5 Å². The largest absolute Gasteiger partial charge is 0.390 e. The lowest BCUT2D eigenvalue weighted by molar-refractivity contribution is -0.346. The molecule has 21 heteroatoms. The van der Waals surface area contributed by atoms with Crippen molar-refractivity contribution in [1.29, 1.82) is 0 Å². The number of H-pyrrole nitrogens is 1. The van der Waals surface area contributed by atoms with Gasteiger partial charge < -0.3 is 44.3 Å². The van der Waals surface area contributed by atoms with E-state index in [1.807, 2.05) is 6.92 Å². The van der Waals surface area contributed by atoms with E-state index in [0.29, 0.717) is 16.9 Å². The van der Waals surface area contributed by atoms with Crippen LogP contribution in [0, 0.1) is 17.8 Å². The first kappa shape index (κ1) is 30.9. The van der Waals surface area contributed by atoms with Gasteiger partial charge in [-0.2, -0.15) is 0 Å². The fourth-order valence-corrected chi connectivity index (χ4v) is 9.42. The molecule has 0 spiro atoms. The first-order valence-corrected chi connectivity index (χ1v) is 18.7. The molecule has 2 saturated heterocycles. The zero-order chi connectivity index (χ0) is 31.8. The highest BCUT2D eigenvalue weighted by Gasteiger charge is 2.54. The van der Waals surface area contributed by atoms with E-state index in [9.17, 15) is 19.4 Å². The second-order valence-electron chi connectivity index (χ2n) is 11.7. The minimum Gasteiger partial charge on any atom is -0.390 e. The summed E-state index contributed by atoms with van der Waals surface area (Å²) in [5, 5.41) is 11.4. The highest BCUT2D eigenvalue weighted by molar-refractivity contribution is 8.07. The molecule has 3 unspecified atom stereocenters. The Hall–Kier alpha value is -2.70. The number of imidazole rings is 1. The Morgan fingerprint density at radius 3 is 2.78 bits per heavy atom. The SMILES string of the molecule is C[C@@H]1[C@@H]2OP(O)(=S)OC[C@H]3C[C@@H](C4C=[NH+]c5c4nc(N)[nH]c5=O)[C@H](OP(C)(=O)OC[C@H]2O[C@H]1n1cnc2c(N)ncnc21)[C@@H]3O. The monoisotopic (exact) mass is 684 g/mol. The number of rotatable bonds is 2. The van der Waals surface area contributed by atoms with Gasteiger partial charge in [-0.05, 0) is 18.2 Å². The van der Waals surface area contributed by atoms with Crippen LogP contribution in [0.25, 0.3) is 11.2 Å². The van der Waals surface area contributed by atoms with Crippen LogP contribution in [0.15, 0.2) is 17.4 Å². The smallest absolute Gasteiger partial charge is 0.328 e. The third-order valence-electron chi connectivity index (χ3n) is 8.77. The standard InChI is InChI=1S/C24H31N9O9P2S/c1-9-18-13(40-23(9)33-8-30-16-20(25)28-7-29-21(16)33)6-38-43(2,36)41-19-11(3-10(17(19)34)5-39-44(37,45)42-18)12-4-27-15-14(12)31-24(26)32-22(15)35/h4,7-13,17-19,23,34H,3,5-6H2,1-2H3,(H,37,45)(H2,25,28,29)(H3,26,31,32,35)/p+1/t9-,10-,11+,12?,13-,17-,18+,19+,23-,43?,44?/m1/s1. The van der Waals surface area contributed by atoms with Gasteiger partial charge in [0.2, 0.25) is 5.95 Å². The van der Waals surface area contributed by atoms with Crippen LogP contribution in [-0.2, 0) is 39.2 Å². The van der Waals surface area contributed by atoms with Crippen molar-refractivity contribution in [3.63, 3.8) is 0 Å². The molecule has 18 nitrogen and oxygen atoms in total. The Bertz CT molecular complexity index is 1840. The van der Waals surface area contributed by atoms with Crippen molar-refractivity contribution in [2.45, 2.75) is 49.9 Å². The maximum Gasteiger partial charge on any atom is 0.328 e. The summed E-state index contributed by atoms with van der Waals surface area (Å²) >= 11 is 5.41. The van der Waals surface area contributed by atoms with Crippen molar-refractivity contribution in [2.75, 3.05) is 31.3 Å². The summed E-state index contributed by atoms with van der Waals surface area (Å²) < 4.78 is 45.5. The molecule has 3 aromatic rings. The van der Waals surface area contributed by atoms with Gasteiger partial charge in [0.25, 0.3) is 5.69 Å². The molecule has 6 heterocycles. The number of fused-ring (bicyclic) bond motifs is 5. The summed E-state index contributed by atoms with van der Waals surface area (Å²) in [6, 6.07) is 0. The molecule has 242 valence electrons.